The summed E-state index contributed by atoms with van der Waals surface area (Å²) in [4.78, 5) is 22.4. The highest BCUT2D eigenvalue weighted by Gasteiger charge is 2.14. The highest BCUT2D eigenvalue weighted by molar-refractivity contribution is 5.95. The quantitative estimate of drug-likeness (QED) is 0.854. The van der Waals surface area contributed by atoms with Crippen molar-refractivity contribution in [2.45, 2.75) is 19.8 Å². The molecule has 6 nitrogen and oxygen atoms in total. The van der Waals surface area contributed by atoms with Crippen LogP contribution in [0.4, 0.5) is 4.39 Å². The number of aliphatic carboxylic acids is 1. The fourth-order valence-corrected chi connectivity index (χ4v) is 2.02. The predicted molar refractivity (Wildman–Crippen MR) is 75.9 cm³/mol. The Morgan fingerprint density at radius 3 is 2.82 bits per heavy atom. The number of amides is 1. The fourth-order valence-electron chi connectivity index (χ4n) is 2.02. The van der Waals surface area contributed by atoms with Crippen molar-refractivity contribution >= 4 is 11.9 Å². The average Bonchev–Trinajstić information content (AvgIpc) is 2.94. The van der Waals surface area contributed by atoms with Crippen LogP contribution in [0.15, 0.2) is 28.9 Å². The van der Waals surface area contributed by atoms with E-state index in [1.807, 2.05) is 6.92 Å². The van der Waals surface area contributed by atoms with Crippen LogP contribution in [0.25, 0.3) is 11.1 Å². The molecule has 2 N–H and O–H groups in total. The Balaban J connectivity index is 2.23. The van der Waals surface area contributed by atoms with Gasteiger partial charge in [-0.25, -0.2) is 4.39 Å². The molecular formula is C15H15FN2O4. The Hall–Kier alpha value is -2.70. The van der Waals surface area contributed by atoms with Gasteiger partial charge in [0.15, 0.2) is 0 Å². The third-order valence-corrected chi connectivity index (χ3v) is 3.06. The van der Waals surface area contributed by atoms with Crippen molar-refractivity contribution in [1.82, 2.24) is 10.5 Å². The lowest BCUT2D eigenvalue weighted by atomic mass is 10.0. The monoisotopic (exact) mass is 306 g/mol. The zero-order valence-electron chi connectivity index (χ0n) is 11.9. The summed E-state index contributed by atoms with van der Waals surface area (Å²) in [5.41, 5.74) is 1.23. The van der Waals surface area contributed by atoms with Crippen LogP contribution < -0.4 is 5.32 Å². The molecule has 0 aliphatic heterocycles. The molecule has 0 aliphatic rings. The summed E-state index contributed by atoms with van der Waals surface area (Å²) in [5.74, 6) is -1.51. The number of rotatable bonds is 6. The van der Waals surface area contributed by atoms with E-state index in [9.17, 15) is 14.0 Å². The molecule has 1 heterocycles. The molecule has 0 saturated carbocycles. The van der Waals surface area contributed by atoms with Gasteiger partial charge in [0, 0.05) is 24.1 Å². The lowest BCUT2D eigenvalue weighted by molar-refractivity contribution is -0.136. The van der Waals surface area contributed by atoms with Crippen LogP contribution in [-0.2, 0) is 11.2 Å². The Morgan fingerprint density at radius 1 is 1.36 bits per heavy atom. The first-order valence-corrected chi connectivity index (χ1v) is 6.75. The fraction of sp³-hybridized carbons (Fsp3) is 0.267. The Bertz CT molecular complexity index is 697. The minimum absolute atomic E-state index is 0.0203. The van der Waals surface area contributed by atoms with Crippen molar-refractivity contribution < 1.29 is 23.6 Å². The molecule has 7 heteroatoms. The van der Waals surface area contributed by atoms with Gasteiger partial charge in [0.25, 0.3) is 5.91 Å². The molecule has 0 spiro atoms. The number of nitrogens with zero attached hydrogens (tertiary/aromatic N) is 1. The predicted octanol–water partition coefficient (Wildman–Crippen LogP) is 2.25. The summed E-state index contributed by atoms with van der Waals surface area (Å²) in [6.07, 6.45) is 1.87. The van der Waals surface area contributed by atoms with Crippen molar-refractivity contribution in [3.63, 3.8) is 0 Å². The maximum absolute atomic E-state index is 13.7. The molecule has 22 heavy (non-hydrogen) atoms. The van der Waals surface area contributed by atoms with E-state index in [1.165, 1.54) is 18.3 Å². The lowest BCUT2D eigenvalue weighted by Gasteiger charge is -2.06. The minimum Gasteiger partial charge on any atom is -0.481 e. The van der Waals surface area contributed by atoms with E-state index in [4.69, 9.17) is 9.63 Å². The van der Waals surface area contributed by atoms with Crippen molar-refractivity contribution in [2.24, 2.45) is 0 Å². The molecule has 2 aromatic rings. The largest absolute Gasteiger partial charge is 0.481 e. The summed E-state index contributed by atoms with van der Waals surface area (Å²) in [7, 11) is 0. The SMILES string of the molecule is CCc1oncc1-c1cc(F)cc(C(=O)NCCC(=O)O)c1. The molecule has 0 bridgehead atoms. The molecule has 0 aliphatic carbocycles. The van der Waals surface area contributed by atoms with Gasteiger partial charge in [-0.2, -0.15) is 0 Å². The van der Waals surface area contributed by atoms with Crippen LogP contribution in [-0.4, -0.2) is 28.7 Å². The van der Waals surface area contributed by atoms with Gasteiger partial charge in [-0.1, -0.05) is 12.1 Å². The van der Waals surface area contributed by atoms with Crippen LogP contribution in [0.5, 0.6) is 0 Å². The number of aromatic nitrogens is 1. The number of carbonyl (C=O) groups excluding carboxylic acids is 1. The van der Waals surface area contributed by atoms with E-state index in [0.29, 0.717) is 23.3 Å². The molecule has 1 aromatic heterocycles. The molecular weight excluding hydrogens is 291 g/mol. The Kier molecular flexibility index (Phi) is 4.88. The van der Waals surface area contributed by atoms with E-state index in [2.05, 4.69) is 10.5 Å². The van der Waals surface area contributed by atoms with Gasteiger partial charge in [-0.3, -0.25) is 9.59 Å². The third kappa shape index (κ3) is 3.69. The smallest absolute Gasteiger partial charge is 0.305 e. The number of halogens is 1. The van der Waals surface area contributed by atoms with E-state index in [1.54, 1.807) is 0 Å². The summed E-state index contributed by atoms with van der Waals surface area (Å²) in [6, 6.07) is 3.91. The second-order valence-corrected chi connectivity index (χ2v) is 4.64. The van der Waals surface area contributed by atoms with Crippen molar-refractivity contribution in [3.05, 3.63) is 41.5 Å². The van der Waals surface area contributed by atoms with E-state index >= 15 is 0 Å². The summed E-state index contributed by atoms with van der Waals surface area (Å²) < 4.78 is 18.8. The van der Waals surface area contributed by atoms with Crippen molar-refractivity contribution in [2.75, 3.05) is 6.54 Å². The Labute approximate surface area is 125 Å². The van der Waals surface area contributed by atoms with Crippen LogP contribution in [0.2, 0.25) is 0 Å². The van der Waals surface area contributed by atoms with Crippen molar-refractivity contribution in [3.8, 4) is 11.1 Å². The number of hydrogen-bond donors (Lipinski definition) is 2. The van der Waals surface area contributed by atoms with E-state index in [-0.39, 0.29) is 18.5 Å². The zero-order valence-corrected chi connectivity index (χ0v) is 11.9. The number of aryl methyl sites for hydroxylation is 1. The number of carboxylic acids is 1. The number of carbonyl (C=O) groups is 2. The number of carboxylic acid groups (broad SMARTS) is 1. The third-order valence-electron chi connectivity index (χ3n) is 3.06. The molecule has 2 rings (SSSR count). The molecule has 1 aromatic carbocycles. The second-order valence-electron chi connectivity index (χ2n) is 4.64. The molecule has 116 valence electrons. The summed E-state index contributed by atoms with van der Waals surface area (Å²) in [5, 5.41) is 14.7. The number of benzene rings is 1. The summed E-state index contributed by atoms with van der Waals surface area (Å²) in [6.45, 7) is 1.86. The molecule has 0 atom stereocenters. The minimum atomic E-state index is -1.02. The first-order chi connectivity index (χ1) is 10.5. The van der Waals surface area contributed by atoms with Gasteiger partial charge in [0.05, 0.1) is 12.6 Å². The number of nitrogens with one attached hydrogen (secondary N) is 1. The highest BCUT2D eigenvalue weighted by atomic mass is 19.1. The van der Waals surface area contributed by atoms with Crippen LogP contribution >= 0.6 is 0 Å². The first-order valence-electron chi connectivity index (χ1n) is 6.75. The van der Waals surface area contributed by atoms with Gasteiger partial charge >= 0.3 is 5.97 Å². The van der Waals surface area contributed by atoms with Gasteiger partial charge in [-0.05, 0) is 23.8 Å². The molecule has 1 amide bonds. The Morgan fingerprint density at radius 2 is 2.14 bits per heavy atom. The van der Waals surface area contributed by atoms with Crippen LogP contribution in [0.3, 0.4) is 0 Å². The van der Waals surface area contributed by atoms with E-state index in [0.717, 1.165) is 6.07 Å². The van der Waals surface area contributed by atoms with Gasteiger partial charge in [0.1, 0.15) is 11.6 Å². The number of hydrogen-bond acceptors (Lipinski definition) is 4. The molecule has 0 radical (unpaired) electrons. The molecule has 0 fully saturated rings. The maximum atomic E-state index is 13.7. The standard InChI is InChI=1S/C15H15FN2O4/c1-2-13-12(8-18-22-13)9-5-10(7-11(16)6-9)15(21)17-4-3-14(19)20/h5-8H,2-4H2,1H3,(H,17,21)(H,19,20). The lowest BCUT2D eigenvalue weighted by Crippen LogP contribution is -2.26. The first kappa shape index (κ1) is 15.7. The highest BCUT2D eigenvalue weighted by Crippen LogP contribution is 2.26. The van der Waals surface area contributed by atoms with E-state index < -0.39 is 17.7 Å². The normalized spacial score (nSPS) is 10.5. The molecule has 0 saturated heterocycles. The topological polar surface area (TPSA) is 92.4 Å². The van der Waals surface area contributed by atoms with Crippen molar-refractivity contribution in [1.29, 1.82) is 0 Å². The van der Waals surface area contributed by atoms with Crippen LogP contribution in [0, 0.1) is 5.82 Å². The summed E-state index contributed by atoms with van der Waals surface area (Å²) >= 11 is 0. The van der Waals surface area contributed by atoms with Gasteiger partial charge in [0.2, 0.25) is 0 Å². The van der Waals surface area contributed by atoms with Crippen LogP contribution in [0.1, 0.15) is 29.5 Å². The average molecular weight is 306 g/mol. The second kappa shape index (κ2) is 6.84. The van der Waals surface area contributed by atoms with Gasteiger partial charge in [-0.15, -0.1) is 0 Å². The maximum Gasteiger partial charge on any atom is 0.305 e. The molecule has 0 unspecified atom stereocenters. The van der Waals surface area contributed by atoms with Gasteiger partial charge < -0.3 is 14.9 Å². The zero-order chi connectivity index (χ0) is 16.1.